The lowest BCUT2D eigenvalue weighted by molar-refractivity contribution is -0.151. The van der Waals surface area contributed by atoms with Gasteiger partial charge in [-0.05, 0) is 19.9 Å². The summed E-state index contributed by atoms with van der Waals surface area (Å²) in [7, 11) is 0. The first-order valence-corrected chi connectivity index (χ1v) is 5.39. The molecule has 1 aromatic heterocycles. The summed E-state index contributed by atoms with van der Waals surface area (Å²) in [4.78, 5) is 1.30. The summed E-state index contributed by atoms with van der Waals surface area (Å²) in [6, 6.07) is 1.48. The van der Waals surface area contributed by atoms with E-state index in [-0.39, 0.29) is 12.6 Å². The third-order valence-corrected chi connectivity index (χ3v) is 2.42. The van der Waals surface area contributed by atoms with Crippen LogP contribution in [0.1, 0.15) is 25.2 Å². The second kappa shape index (κ2) is 5.55. The highest BCUT2D eigenvalue weighted by molar-refractivity contribution is 5.12. The van der Waals surface area contributed by atoms with Crippen LogP contribution in [0.3, 0.4) is 0 Å². The summed E-state index contributed by atoms with van der Waals surface area (Å²) in [6.45, 7) is 2.96. The van der Waals surface area contributed by atoms with E-state index in [0.717, 1.165) is 5.56 Å². The molecule has 0 fully saturated rings. The molecule has 6 heteroatoms. The summed E-state index contributed by atoms with van der Waals surface area (Å²) in [5, 5.41) is 0. The average Bonchev–Trinajstić information content (AvgIpc) is 2.62. The second-order valence-electron chi connectivity index (χ2n) is 4.24. The third kappa shape index (κ3) is 4.79. The highest BCUT2D eigenvalue weighted by atomic mass is 19.4. The Hall–Kier alpha value is -1.01. The molecule has 0 radical (unpaired) electrons. The van der Waals surface area contributed by atoms with Gasteiger partial charge in [-0.15, -0.1) is 0 Å². The number of rotatable bonds is 5. The zero-order chi connectivity index (χ0) is 13.1. The topological polar surface area (TPSA) is 42.4 Å². The smallest absolute Gasteiger partial charge is 0.401 e. The van der Waals surface area contributed by atoms with Crippen LogP contribution in [0.25, 0.3) is 0 Å². The van der Waals surface area contributed by atoms with Crippen molar-refractivity contribution in [3.05, 3.63) is 23.7 Å². The van der Waals surface area contributed by atoms with E-state index in [1.165, 1.54) is 11.2 Å². The molecule has 0 bridgehead atoms. The van der Waals surface area contributed by atoms with Crippen LogP contribution in [-0.2, 0) is 13.1 Å². The average molecular weight is 250 g/mol. The molecule has 0 spiro atoms. The Morgan fingerprint density at radius 1 is 1.41 bits per heavy atom. The Bertz CT molecular complexity index is 347. The lowest BCUT2D eigenvalue weighted by atomic mass is 10.2. The Balaban J connectivity index is 2.66. The van der Waals surface area contributed by atoms with Gasteiger partial charge in [-0.2, -0.15) is 13.2 Å². The first-order valence-electron chi connectivity index (χ1n) is 5.39. The van der Waals surface area contributed by atoms with E-state index in [9.17, 15) is 13.2 Å². The van der Waals surface area contributed by atoms with Gasteiger partial charge in [0.2, 0.25) is 0 Å². The summed E-state index contributed by atoms with van der Waals surface area (Å²) in [6.07, 6.45) is -2.73. The minimum atomic E-state index is -4.20. The van der Waals surface area contributed by atoms with Gasteiger partial charge < -0.3 is 10.2 Å². The molecule has 0 aliphatic carbocycles. The normalized spacial score (nSPS) is 12.7. The molecule has 0 saturated heterocycles. The van der Waals surface area contributed by atoms with Gasteiger partial charge in [0.05, 0.1) is 19.4 Å². The van der Waals surface area contributed by atoms with E-state index in [1.54, 1.807) is 19.9 Å². The fourth-order valence-electron chi connectivity index (χ4n) is 1.47. The van der Waals surface area contributed by atoms with Crippen LogP contribution in [0.15, 0.2) is 16.7 Å². The molecule has 1 heterocycles. The number of nitrogens with two attached hydrogens (primary N) is 1. The van der Waals surface area contributed by atoms with Crippen LogP contribution < -0.4 is 5.73 Å². The molecule has 3 nitrogen and oxygen atoms in total. The number of alkyl halides is 3. The lowest BCUT2D eigenvalue weighted by Crippen LogP contribution is -2.38. The van der Waals surface area contributed by atoms with Crippen LogP contribution in [-0.4, -0.2) is 23.7 Å². The summed E-state index contributed by atoms with van der Waals surface area (Å²) < 4.78 is 42.2. The van der Waals surface area contributed by atoms with E-state index in [0.29, 0.717) is 12.3 Å². The lowest BCUT2D eigenvalue weighted by Gasteiger charge is -2.26. The standard InChI is InChI=1S/C11H17F3N2O/c1-8(2)16(7-11(12,13)14)5-10-3-9(4-15)6-17-10/h3,6,8H,4-5,7,15H2,1-2H3. The van der Waals surface area contributed by atoms with Crippen molar-refractivity contribution >= 4 is 0 Å². The Labute approximate surface area is 98.4 Å². The molecule has 0 aliphatic heterocycles. The van der Waals surface area contributed by atoms with Crippen LogP contribution in [0.4, 0.5) is 13.2 Å². The summed E-state index contributed by atoms with van der Waals surface area (Å²) in [5.41, 5.74) is 6.19. The van der Waals surface area contributed by atoms with E-state index in [1.807, 2.05) is 0 Å². The second-order valence-corrected chi connectivity index (χ2v) is 4.24. The quantitative estimate of drug-likeness (QED) is 0.873. The molecule has 98 valence electrons. The molecule has 2 N–H and O–H groups in total. The number of nitrogens with zero attached hydrogens (tertiary/aromatic N) is 1. The Kier molecular flexibility index (Phi) is 4.59. The zero-order valence-electron chi connectivity index (χ0n) is 9.92. The fraction of sp³-hybridized carbons (Fsp3) is 0.636. The molecule has 0 saturated carbocycles. The highest BCUT2D eigenvalue weighted by Crippen LogP contribution is 2.20. The Morgan fingerprint density at radius 3 is 2.47 bits per heavy atom. The molecule has 1 aromatic rings. The zero-order valence-corrected chi connectivity index (χ0v) is 9.92. The van der Waals surface area contributed by atoms with Crippen molar-refractivity contribution in [2.75, 3.05) is 6.54 Å². The van der Waals surface area contributed by atoms with Gasteiger partial charge >= 0.3 is 6.18 Å². The van der Waals surface area contributed by atoms with Gasteiger partial charge in [-0.25, -0.2) is 0 Å². The van der Waals surface area contributed by atoms with Crippen molar-refractivity contribution < 1.29 is 17.6 Å². The largest absolute Gasteiger partial charge is 0.468 e. The van der Waals surface area contributed by atoms with Gasteiger partial charge in [0, 0.05) is 18.2 Å². The molecule has 0 aliphatic rings. The van der Waals surface area contributed by atoms with E-state index >= 15 is 0 Å². The van der Waals surface area contributed by atoms with Crippen LogP contribution >= 0.6 is 0 Å². The molecule has 0 unspecified atom stereocenters. The molecule has 0 amide bonds. The molecule has 1 rings (SSSR count). The van der Waals surface area contributed by atoms with Crippen LogP contribution in [0, 0.1) is 0 Å². The van der Waals surface area contributed by atoms with Crippen molar-refractivity contribution in [1.29, 1.82) is 0 Å². The number of furan rings is 1. The molecule has 0 aromatic carbocycles. The van der Waals surface area contributed by atoms with Crippen molar-refractivity contribution in [2.24, 2.45) is 5.73 Å². The molecule has 0 atom stereocenters. The number of hydrogen-bond donors (Lipinski definition) is 1. The van der Waals surface area contributed by atoms with Crippen LogP contribution in [0.2, 0.25) is 0 Å². The van der Waals surface area contributed by atoms with Gasteiger partial charge in [0.1, 0.15) is 5.76 Å². The highest BCUT2D eigenvalue weighted by Gasteiger charge is 2.32. The monoisotopic (exact) mass is 250 g/mol. The maximum absolute atomic E-state index is 12.3. The first kappa shape index (κ1) is 14.1. The summed E-state index contributed by atoms with van der Waals surface area (Å²) in [5.74, 6) is 0.503. The van der Waals surface area contributed by atoms with Crippen molar-refractivity contribution in [1.82, 2.24) is 4.90 Å². The predicted molar refractivity (Wildman–Crippen MR) is 58.2 cm³/mol. The van der Waals surface area contributed by atoms with E-state index in [2.05, 4.69) is 0 Å². The number of halogens is 3. The fourth-order valence-corrected chi connectivity index (χ4v) is 1.47. The van der Waals surface area contributed by atoms with Gasteiger partial charge in [0.25, 0.3) is 0 Å². The Morgan fingerprint density at radius 2 is 2.06 bits per heavy atom. The number of hydrogen-bond acceptors (Lipinski definition) is 3. The maximum Gasteiger partial charge on any atom is 0.401 e. The van der Waals surface area contributed by atoms with Crippen LogP contribution in [0.5, 0.6) is 0 Å². The molecular weight excluding hydrogens is 233 g/mol. The molecule has 17 heavy (non-hydrogen) atoms. The SMILES string of the molecule is CC(C)N(Cc1cc(CN)co1)CC(F)(F)F. The minimum absolute atomic E-state index is 0.136. The van der Waals surface area contributed by atoms with Crippen molar-refractivity contribution in [2.45, 2.75) is 39.2 Å². The predicted octanol–water partition coefficient (Wildman–Crippen LogP) is 2.51. The molecular formula is C11H17F3N2O. The summed E-state index contributed by atoms with van der Waals surface area (Å²) >= 11 is 0. The van der Waals surface area contributed by atoms with Gasteiger partial charge in [-0.3, -0.25) is 4.90 Å². The third-order valence-electron chi connectivity index (χ3n) is 2.42. The van der Waals surface area contributed by atoms with Crippen molar-refractivity contribution in [3.8, 4) is 0 Å². The first-order chi connectivity index (χ1) is 7.81. The van der Waals surface area contributed by atoms with E-state index in [4.69, 9.17) is 10.2 Å². The van der Waals surface area contributed by atoms with Gasteiger partial charge in [0.15, 0.2) is 0 Å². The maximum atomic E-state index is 12.3. The van der Waals surface area contributed by atoms with Crippen molar-refractivity contribution in [3.63, 3.8) is 0 Å². The minimum Gasteiger partial charge on any atom is -0.468 e. The van der Waals surface area contributed by atoms with Gasteiger partial charge in [-0.1, -0.05) is 0 Å². The van der Waals surface area contributed by atoms with E-state index < -0.39 is 12.7 Å².